The summed E-state index contributed by atoms with van der Waals surface area (Å²) in [5.41, 5.74) is 0.441. The largest absolute Gasteiger partial charge is 0.454 e. The molecule has 0 aromatic heterocycles. The number of fused-ring (bicyclic) bond motifs is 1. The Hall–Kier alpha value is -2.55. The van der Waals surface area contributed by atoms with Gasteiger partial charge in [0.1, 0.15) is 6.04 Å². The zero-order chi connectivity index (χ0) is 22.4. The molecule has 1 saturated heterocycles. The number of hydrogen-bond acceptors (Lipinski definition) is 5. The first-order chi connectivity index (χ1) is 14.9. The van der Waals surface area contributed by atoms with Gasteiger partial charge in [-0.15, -0.1) is 0 Å². The van der Waals surface area contributed by atoms with Crippen LogP contribution >= 0.6 is 12.2 Å². The summed E-state index contributed by atoms with van der Waals surface area (Å²) in [4.78, 5) is 28.2. The van der Waals surface area contributed by atoms with Gasteiger partial charge in [-0.2, -0.15) is 0 Å². The molecule has 2 atom stereocenters. The summed E-state index contributed by atoms with van der Waals surface area (Å²) in [6.07, 6.45) is 2.36. The monoisotopic (exact) mass is 448 g/mol. The van der Waals surface area contributed by atoms with Crippen molar-refractivity contribution in [3.05, 3.63) is 23.8 Å². The van der Waals surface area contributed by atoms with Gasteiger partial charge >= 0.3 is 0 Å². The number of likely N-dealkylation sites (tertiary alicyclic amines) is 1. The Morgan fingerprint density at radius 2 is 1.87 bits per heavy atom. The van der Waals surface area contributed by atoms with E-state index in [1.807, 2.05) is 20.8 Å². The van der Waals surface area contributed by atoms with E-state index in [4.69, 9.17) is 21.7 Å². The predicted octanol–water partition coefficient (Wildman–Crippen LogP) is 2.03. The third kappa shape index (κ3) is 5.78. The fourth-order valence-corrected chi connectivity index (χ4v) is 4.12. The molecule has 31 heavy (non-hydrogen) atoms. The predicted molar refractivity (Wildman–Crippen MR) is 122 cm³/mol. The molecule has 0 radical (unpaired) electrons. The number of benzene rings is 1. The van der Waals surface area contributed by atoms with E-state index in [0.29, 0.717) is 17.1 Å². The second-order valence-electron chi connectivity index (χ2n) is 8.00. The highest BCUT2D eigenvalue weighted by atomic mass is 32.1. The quantitative estimate of drug-likeness (QED) is 0.550. The Labute approximate surface area is 189 Å². The van der Waals surface area contributed by atoms with E-state index in [9.17, 15) is 9.59 Å². The van der Waals surface area contributed by atoms with Gasteiger partial charge in [-0.05, 0) is 69.4 Å². The minimum Gasteiger partial charge on any atom is -0.454 e. The van der Waals surface area contributed by atoms with Gasteiger partial charge in [0.05, 0.1) is 0 Å². The molecule has 2 aliphatic heterocycles. The Kier molecular flexibility index (Phi) is 7.95. The fraction of sp³-hybridized carbons (Fsp3) is 0.591. The number of hydrogen-bond donors (Lipinski definition) is 3. The van der Waals surface area contributed by atoms with Gasteiger partial charge in [0.2, 0.25) is 12.7 Å². The van der Waals surface area contributed by atoms with Crippen LogP contribution in [0.15, 0.2) is 18.2 Å². The van der Waals surface area contributed by atoms with Crippen molar-refractivity contribution in [3.63, 3.8) is 0 Å². The van der Waals surface area contributed by atoms with E-state index in [-0.39, 0.29) is 30.6 Å². The van der Waals surface area contributed by atoms with Crippen LogP contribution in [0.5, 0.6) is 11.5 Å². The van der Waals surface area contributed by atoms with Crippen LogP contribution < -0.4 is 25.4 Å². The van der Waals surface area contributed by atoms with E-state index in [2.05, 4.69) is 20.9 Å². The minimum absolute atomic E-state index is 0.0303. The number of piperidine rings is 1. The van der Waals surface area contributed by atoms with Crippen LogP contribution in [0, 0.1) is 5.92 Å². The van der Waals surface area contributed by atoms with E-state index in [1.54, 1.807) is 18.2 Å². The summed E-state index contributed by atoms with van der Waals surface area (Å²) < 4.78 is 10.7. The molecule has 2 amide bonds. The molecule has 0 aliphatic carbocycles. The number of carbonyl (C=O) groups is 2. The molecule has 0 spiro atoms. The summed E-state index contributed by atoms with van der Waals surface area (Å²) >= 11 is 5.42. The van der Waals surface area contributed by atoms with Crippen molar-refractivity contribution in [1.82, 2.24) is 20.9 Å². The highest BCUT2D eigenvalue weighted by Gasteiger charge is 2.34. The van der Waals surface area contributed by atoms with E-state index in [1.165, 1.54) is 0 Å². The first-order valence-corrected chi connectivity index (χ1v) is 11.4. The van der Waals surface area contributed by atoms with Crippen molar-refractivity contribution in [1.29, 1.82) is 0 Å². The van der Waals surface area contributed by atoms with Crippen LogP contribution in [0.2, 0.25) is 0 Å². The number of nitrogens with zero attached hydrogens (tertiary/aromatic N) is 1. The molecule has 2 heterocycles. The second kappa shape index (κ2) is 10.7. The van der Waals surface area contributed by atoms with Gasteiger partial charge in [-0.25, -0.2) is 0 Å². The maximum absolute atomic E-state index is 13.1. The highest BCUT2D eigenvalue weighted by Crippen LogP contribution is 2.32. The molecule has 170 valence electrons. The molecule has 0 saturated carbocycles. The fourth-order valence-electron chi connectivity index (χ4n) is 3.79. The third-order valence-electron chi connectivity index (χ3n) is 5.83. The average Bonchev–Trinajstić information content (AvgIpc) is 3.25. The molecular weight excluding hydrogens is 416 g/mol. The van der Waals surface area contributed by atoms with E-state index >= 15 is 0 Å². The lowest BCUT2D eigenvalue weighted by molar-refractivity contribution is -0.125. The van der Waals surface area contributed by atoms with Gasteiger partial charge in [-0.3, -0.25) is 9.59 Å². The van der Waals surface area contributed by atoms with Gasteiger partial charge in [0, 0.05) is 31.2 Å². The maximum Gasteiger partial charge on any atom is 0.252 e. The van der Waals surface area contributed by atoms with E-state index in [0.717, 1.165) is 44.0 Å². The molecule has 0 bridgehead atoms. The number of rotatable bonds is 7. The van der Waals surface area contributed by atoms with Crippen molar-refractivity contribution in [3.8, 4) is 11.5 Å². The van der Waals surface area contributed by atoms with Crippen LogP contribution in [-0.4, -0.2) is 60.3 Å². The van der Waals surface area contributed by atoms with Crippen LogP contribution in [0.1, 0.15) is 50.4 Å². The van der Waals surface area contributed by atoms with E-state index < -0.39 is 6.04 Å². The first kappa shape index (κ1) is 23.1. The summed E-state index contributed by atoms with van der Waals surface area (Å²) in [6.45, 7) is 8.43. The molecule has 2 aliphatic rings. The molecular formula is C22H32N4O4S. The van der Waals surface area contributed by atoms with Crippen molar-refractivity contribution in [2.75, 3.05) is 26.4 Å². The van der Waals surface area contributed by atoms with Crippen LogP contribution in [0.3, 0.4) is 0 Å². The molecule has 3 N–H and O–H groups in total. The summed E-state index contributed by atoms with van der Waals surface area (Å²) in [5, 5.41) is 9.93. The maximum atomic E-state index is 13.1. The normalized spacial score (nSPS) is 17.6. The van der Waals surface area contributed by atoms with Crippen molar-refractivity contribution in [2.24, 2.45) is 5.92 Å². The number of ether oxygens (including phenoxy) is 2. The smallest absolute Gasteiger partial charge is 0.252 e. The minimum atomic E-state index is -0.609. The van der Waals surface area contributed by atoms with Gasteiger partial charge in [-0.1, -0.05) is 6.92 Å². The third-order valence-corrected chi connectivity index (χ3v) is 6.23. The lowest BCUT2D eigenvalue weighted by atomic mass is 9.88. The van der Waals surface area contributed by atoms with Gasteiger partial charge < -0.3 is 30.3 Å². The Morgan fingerprint density at radius 3 is 2.55 bits per heavy atom. The SMILES string of the molecule is CCNC(=S)N1CCC([C@@H](NC(=O)c2ccc3c(c2)OCO3)C(=O)N[C@H](C)CC)CC1. The number of carbonyl (C=O) groups excluding carboxylic acids is 2. The van der Waals surface area contributed by atoms with Crippen LogP contribution in [-0.2, 0) is 4.79 Å². The summed E-state index contributed by atoms with van der Waals surface area (Å²) in [5.74, 6) is 0.747. The molecule has 1 aromatic rings. The molecule has 1 aromatic carbocycles. The molecule has 3 rings (SSSR count). The Balaban J connectivity index is 1.70. The van der Waals surface area contributed by atoms with Crippen molar-refractivity contribution >= 4 is 29.1 Å². The molecule has 9 heteroatoms. The average molecular weight is 449 g/mol. The zero-order valence-corrected chi connectivity index (χ0v) is 19.2. The molecule has 0 unspecified atom stereocenters. The van der Waals surface area contributed by atoms with Crippen LogP contribution in [0.4, 0.5) is 0 Å². The number of amides is 2. The number of nitrogens with one attached hydrogen (secondary N) is 3. The van der Waals surface area contributed by atoms with Crippen LogP contribution in [0.25, 0.3) is 0 Å². The lowest BCUT2D eigenvalue weighted by Gasteiger charge is -2.37. The van der Waals surface area contributed by atoms with Crippen molar-refractivity contribution < 1.29 is 19.1 Å². The zero-order valence-electron chi connectivity index (χ0n) is 18.4. The molecule has 1 fully saturated rings. The Bertz CT molecular complexity index is 811. The Morgan fingerprint density at radius 1 is 1.16 bits per heavy atom. The highest BCUT2D eigenvalue weighted by molar-refractivity contribution is 7.80. The topological polar surface area (TPSA) is 91.9 Å². The van der Waals surface area contributed by atoms with Crippen molar-refractivity contribution in [2.45, 2.75) is 52.1 Å². The van der Waals surface area contributed by atoms with Gasteiger partial charge in [0.25, 0.3) is 5.91 Å². The summed E-state index contributed by atoms with van der Waals surface area (Å²) in [6, 6.07) is 4.48. The first-order valence-electron chi connectivity index (χ1n) is 11.0. The summed E-state index contributed by atoms with van der Waals surface area (Å²) in [7, 11) is 0. The second-order valence-corrected chi connectivity index (χ2v) is 8.38. The number of thiocarbonyl (C=S) groups is 1. The lowest BCUT2D eigenvalue weighted by Crippen LogP contribution is -2.55. The van der Waals surface area contributed by atoms with Gasteiger partial charge in [0.15, 0.2) is 16.6 Å². The molecule has 8 nitrogen and oxygen atoms in total. The standard InChI is InChI=1S/C22H32N4O4S/c1-4-14(3)24-21(28)19(15-8-10-26(11-9-15)22(31)23-5-2)25-20(27)16-6-7-17-18(12-16)30-13-29-17/h6-7,12,14-15,19H,4-5,8-11,13H2,1-3H3,(H,23,31)(H,24,28)(H,25,27)/t14-,19-/m1/s1.